The van der Waals surface area contributed by atoms with E-state index < -0.39 is 46.1 Å². The van der Waals surface area contributed by atoms with Crippen molar-refractivity contribution in [2.75, 3.05) is 31.6 Å². The second-order valence-corrected chi connectivity index (χ2v) is 10.6. The maximum Gasteiger partial charge on any atom is 0.264 e. The lowest BCUT2D eigenvalue weighted by Gasteiger charge is -2.32. The number of benzene rings is 3. The first-order valence-electron chi connectivity index (χ1n) is 12.3. The summed E-state index contributed by atoms with van der Waals surface area (Å²) in [7, 11) is -1.65. The zero-order valence-electron chi connectivity index (χ0n) is 22.6. The molecule has 9 nitrogen and oxygen atoms in total. The number of ether oxygens (including phenoxy) is 2. The van der Waals surface area contributed by atoms with Gasteiger partial charge in [-0.3, -0.25) is 13.9 Å². The number of carbonyl (C=O) groups excluding carboxylic acids is 2. The van der Waals surface area contributed by atoms with E-state index in [4.69, 9.17) is 9.47 Å². The molecule has 12 heteroatoms. The van der Waals surface area contributed by atoms with Gasteiger partial charge >= 0.3 is 0 Å². The van der Waals surface area contributed by atoms with Gasteiger partial charge in [-0.1, -0.05) is 12.1 Å². The summed E-state index contributed by atoms with van der Waals surface area (Å²) in [6.45, 7) is 2.75. The van der Waals surface area contributed by atoms with Gasteiger partial charge in [0.15, 0.2) is 11.5 Å². The number of sulfonamides is 1. The molecular formula is C28H31F2N3O6S. The van der Waals surface area contributed by atoms with Gasteiger partial charge in [-0.05, 0) is 67.9 Å². The Labute approximate surface area is 232 Å². The molecule has 0 aliphatic carbocycles. The molecule has 0 bridgehead atoms. The van der Waals surface area contributed by atoms with Gasteiger partial charge in [-0.25, -0.2) is 17.2 Å². The number of anilines is 1. The molecule has 0 saturated heterocycles. The molecule has 0 fully saturated rings. The van der Waals surface area contributed by atoms with Crippen molar-refractivity contribution in [2.24, 2.45) is 0 Å². The number of halogens is 2. The minimum Gasteiger partial charge on any atom is -0.493 e. The van der Waals surface area contributed by atoms with Crippen molar-refractivity contribution in [3.05, 3.63) is 83.9 Å². The summed E-state index contributed by atoms with van der Waals surface area (Å²) in [5.41, 5.74) is 0.555. The van der Waals surface area contributed by atoms with Crippen LogP contribution in [0.1, 0.15) is 19.4 Å². The average Bonchev–Trinajstić information content (AvgIpc) is 2.95. The maximum atomic E-state index is 13.9. The van der Waals surface area contributed by atoms with Gasteiger partial charge in [-0.15, -0.1) is 0 Å². The predicted molar refractivity (Wildman–Crippen MR) is 146 cm³/mol. The van der Waals surface area contributed by atoms with Crippen molar-refractivity contribution >= 4 is 27.5 Å². The van der Waals surface area contributed by atoms with E-state index in [1.165, 1.54) is 80.6 Å². The second kappa shape index (κ2) is 13.2. The normalized spacial score (nSPS) is 11.8. The molecule has 3 rings (SSSR count). The lowest BCUT2D eigenvalue weighted by Crippen LogP contribution is -2.51. The van der Waals surface area contributed by atoms with Crippen LogP contribution in [0.25, 0.3) is 0 Å². The number of likely N-dealkylation sites (N-methyl/N-ethyl adjacent to an activating group) is 1. The van der Waals surface area contributed by atoms with Gasteiger partial charge in [0, 0.05) is 19.2 Å². The molecule has 0 aliphatic rings. The number of nitrogens with zero attached hydrogens (tertiary/aromatic N) is 2. The van der Waals surface area contributed by atoms with Crippen molar-refractivity contribution in [1.29, 1.82) is 0 Å². The number of hydrogen-bond acceptors (Lipinski definition) is 6. The smallest absolute Gasteiger partial charge is 0.264 e. The highest BCUT2D eigenvalue weighted by Gasteiger charge is 2.33. The molecule has 214 valence electrons. The fourth-order valence-electron chi connectivity index (χ4n) is 3.93. The molecule has 0 heterocycles. The van der Waals surface area contributed by atoms with Crippen LogP contribution in [0.3, 0.4) is 0 Å². The Kier molecular flexibility index (Phi) is 10.1. The number of amides is 2. The minimum atomic E-state index is -4.41. The summed E-state index contributed by atoms with van der Waals surface area (Å²) in [5, 5.41) is 2.65. The van der Waals surface area contributed by atoms with Crippen LogP contribution in [0.5, 0.6) is 11.5 Å². The molecule has 0 radical (unpaired) electrons. The molecule has 2 amide bonds. The molecule has 1 N–H and O–H groups in total. The number of rotatable bonds is 12. The lowest BCUT2D eigenvalue weighted by molar-refractivity contribution is -0.139. The Morgan fingerprint density at radius 2 is 1.48 bits per heavy atom. The fraction of sp³-hybridized carbons (Fsp3) is 0.286. The molecule has 3 aromatic rings. The van der Waals surface area contributed by atoms with Crippen LogP contribution in [0.2, 0.25) is 0 Å². The first-order chi connectivity index (χ1) is 19.0. The van der Waals surface area contributed by atoms with Crippen molar-refractivity contribution in [3.8, 4) is 11.5 Å². The van der Waals surface area contributed by atoms with Gasteiger partial charge in [0.2, 0.25) is 11.8 Å². The second-order valence-electron chi connectivity index (χ2n) is 8.72. The topological polar surface area (TPSA) is 105 Å². The zero-order chi connectivity index (χ0) is 29.4. The Bertz CT molecular complexity index is 1430. The average molecular weight is 576 g/mol. The molecule has 3 aromatic carbocycles. The van der Waals surface area contributed by atoms with E-state index in [1.807, 2.05) is 0 Å². The largest absolute Gasteiger partial charge is 0.493 e. The van der Waals surface area contributed by atoms with E-state index in [1.54, 1.807) is 6.92 Å². The fourth-order valence-corrected chi connectivity index (χ4v) is 5.36. The molecular weight excluding hydrogens is 544 g/mol. The predicted octanol–water partition coefficient (Wildman–Crippen LogP) is 3.73. The quantitative estimate of drug-likeness (QED) is 0.353. The Morgan fingerprint density at radius 3 is 2.02 bits per heavy atom. The van der Waals surface area contributed by atoms with Gasteiger partial charge in [0.05, 0.1) is 24.8 Å². The van der Waals surface area contributed by atoms with Crippen LogP contribution < -0.4 is 19.1 Å². The van der Waals surface area contributed by atoms with Crippen molar-refractivity contribution in [2.45, 2.75) is 31.3 Å². The van der Waals surface area contributed by atoms with Crippen molar-refractivity contribution in [3.63, 3.8) is 0 Å². The van der Waals surface area contributed by atoms with Gasteiger partial charge < -0.3 is 19.7 Å². The maximum absolute atomic E-state index is 13.9. The summed E-state index contributed by atoms with van der Waals surface area (Å²) in [6.07, 6.45) is 0. The third kappa shape index (κ3) is 7.06. The van der Waals surface area contributed by atoms with E-state index in [0.717, 1.165) is 16.4 Å². The molecule has 0 spiro atoms. The van der Waals surface area contributed by atoms with E-state index in [0.29, 0.717) is 17.9 Å². The van der Waals surface area contributed by atoms with Gasteiger partial charge in [-0.2, -0.15) is 0 Å². The summed E-state index contributed by atoms with van der Waals surface area (Å²) in [4.78, 5) is 27.5. The van der Waals surface area contributed by atoms with Crippen LogP contribution >= 0.6 is 0 Å². The number of nitrogens with one attached hydrogen (secondary N) is 1. The SMILES string of the molecule is CCNC(=O)[C@@H](C)N(Cc1ccc(F)cc1)C(=O)CN(c1ccc(F)cc1)S(=O)(=O)c1ccc(OC)c(OC)c1. The molecule has 0 aromatic heterocycles. The molecule has 0 unspecified atom stereocenters. The molecule has 0 saturated carbocycles. The number of methoxy groups -OCH3 is 2. The first kappa shape index (κ1) is 30.4. The van der Waals surface area contributed by atoms with E-state index in [9.17, 15) is 26.8 Å². The number of hydrogen-bond donors (Lipinski definition) is 1. The van der Waals surface area contributed by atoms with Gasteiger partial charge in [0.25, 0.3) is 10.0 Å². The summed E-state index contributed by atoms with van der Waals surface area (Å²) in [6, 6.07) is 13.0. The van der Waals surface area contributed by atoms with Crippen LogP contribution in [-0.2, 0) is 26.2 Å². The third-order valence-electron chi connectivity index (χ3n) is 6.12. The Hall–Kier alpha value is -4.19. The molecule has 1 atom stereocenters. The van der Waals surface area contributed by atoms with Crippen LogP contribution in [0, 0.1) is 11.6 Å². The highest BCUT2D eigenvalue weighted by molar-refractivity contribution is 7.92. The zero-order valence-corrected chi connectivity index (χ0v) is 23.4. The standard InChI is InChI=1S/C28H31F2N3O6S/c1-5-31-28(35)19(2)32(17-20-6-8-21(29)9-7-20)27(34)18-33(23-12-10-22(30)11-13-23)40(36,37)24-14-15-25(38-3)26(16-24)39-4/h6-16,19H,5,17-18H2,1-4H3,(H,31,35)/t19-/m1/s1. The molecule has 40 heavy (non-hydrogen) atoms. The minimum absolute atomic E-state index is 0.0249. The van der Waals surface area contributed by atoms with Crippen molar-refractivity contribution in [1.82, 2.24) is 10.2 Å². The van der Waals surface area contributed by atoms with Crippen LogP contribution in [-0.4, -0.2) is 58.5 Å². The summed E-state index contributed by atoms with van der Waals surface area (Å²) < 4.78 is 66.3. The van der Waals surface area contributed by atoms with E-state index in [-0.39, 0.29) is 22.9 Å². The van der Waals surface area contributed by atoms with E-state index >= 15 is 0 Å². The van der Waals surface area contributed by atoms with Crippen molar-refractivity contribution < 1.29 is 36.3 Å². The monoisotopic (exact) mass is 575 g/mol. The molecule has 0 aliphatic heterocycles. The van der Waals surface area contributed by atoms with Gasteiger partial charge in [0.1, 0.15) is 24.2 Å². The summed E-state index contributed by atoms with van der Waals surface area (Å²) in [5.74, 6) is -1.78. The van der Waals surface area contributed by atoms with E-state index in [2.05, 4.69) is 5.32 Å². The number of carbonyl (C=O) groups is 2. The van der Waals surface area contributed by atoms with Crippen LogP contribution in [0.4, 0.5) is 14.5 Å². The third-order valence-corrected chi connectivity index (χ3v) is 7.89. The lowest BCUT2D eigenvalue weighted by atomic mass is 10.1. The van der Waals surface area contributed by atoms with Crippen LogP contribution in [0.15, 0.2) is 71.6 Å². The highest BCUT2D eigenvalue weighted by atomic mass is 32.2. The Balaban J connectivity index is 2.06. The summed E-state index contributed by atoms with van der Waals surface area (Å²) >= 11 is 0. The first-order valence-corrected chi connectivity index (χ1v) is 13.8. The highest BCUT2D eigenvalue weighted by Crippen LogP contribution is 2.32. The Morgan fingerprint density at radius 1 is 0.900 bits per heavy atom.